The lowest BCUT2D eigenvalue weighted by Gasteiger charge is -2.14. The summed E-state index contributed by atoms with van der Waals surface area (Å²) in [6.07, 6.45) is 1.86. The van der Waals surface area contributed by atoms with Crippen LogP contribution in [0, 0.1) is 12.7 Å². The van der Waals surface area contributed by atoms with Crippen LogP contribution in [0.15, 0.2) is 18.2 Å². The van der Waals surface area contributed by atoms with Crippen molar-refractivity contribution >= 4 is 15.7 Å². The molecule has 2 rings (SSSR count). The summed E-state index contributed by atoms with van der Waals surface area (Å²) in [6.45, 7) is 2.42. The van der Waals surface area contributed by atoms with Gasteiger partial charge in [0.1, 0.15) is 5.82 Å². The van der Waals surface area contributed by atoms with Crippen LogP contribution in [0.2, 0.25) is 0 Å². The average Bonchev–Trinajstić information content (AvgIpc) is 2.76. The topological polar surface area (TPSA) is 58.2 Å². The molecule has 6 heteroatoms. The number of sulfonamides is 1. The number of hydrogen-bond acceptors (Lipinski definition) is 3. The van der Waals surface area contributed by atoms with E-state index in [4.69, 9.17) is 0 Å². The van der Waals surface area contributed by atoms with Gasteiger partial charge in [0, 0.05) is 11.6 Å². The lowest BCUT2D eigenvalue weighted by atomic mass is 10.2. The van der Waals surface area contributed by atoms with Crippen LogP contribution in [0.1, 0.15) is 18.4 Å². The highest BCUT2D eigenvalue weighted by Gasteiger charge is 2.22. The molecule has 0 spiro atoms. The van der Waals surface area contributed by atoms with Gasteiger partial charge in [-0.25, -0.2) is 12.8 Å². The van der Waals surface area contributed by atoms with Gasteiger partial charge in [-0.1, -0.05) is 6.07 Å². The molecule has 0 aliphatic carbocycles. The van der Waals surface area contributed by atoms with Gasteiger partial charge in [-0.3, -0.25) is 4.72 Å². The molecule has 100 valence electrons. The molecule has 0 amide bonds. The van der Waals surface area contributed by atoms with Crippen LogP contribution in [0.5, 0.6) is 0 Å². The van der Waals surface area contributed by atoms with Crippen LogP contribution < -0.4 is 10.0 Å². The molecule has 18 heavy (non-hydrogen) atoms. The van der Waals surface area contributed by atoms with Crippen molar-refractivity contribution in [1.82, 2.24) is 5.32 Å². The molecule has 1 saturated heterocycles. The molecule has 1 unspecified atom stereocenters. The van der Waals surface area contributed by atoms with Crippen molar-refractivity contribution < 1.29 is 12.8 Å². The smallest absolute Gasteiger partial charge is 0.234 e. The molecular formula is C12H17FN2O2S. The molecule has 1 fully saturated rings. The van der Waals surface area contributed by atoms with Crippen molar-refractivity contribution in [2.24, 2.45) is 0 Å². The maximum atomic E-state index is 13.3. The monoisotopic (exact) mass is 272 g/mol. The third kappa shape index (κ3) is 3.20. The van der Waals surface area contributed by atoms with Crippen LogP contribution in [0.3, 0.4) is 0 Å². The number of hydrogen-bond donors (Lipinski definition) is 2. The maximum absolute atomic E-state index is 13.3. The summed E-state index contributed by atoms with van der Waals surface area (Å²) >= 11 is 0. The van der Waals surface area contributed by atoms with E-state index in [2.05, 4.69) is 10.0 Å². The molecule has 2 N–H and O–H groups in total. The van der Waals surface area contributed by atoms with Gasteiger partial charge in [-0.15, -0.1) is 0 Å². The fraction of sp³-hybridized carbons (Fsp3) is 0.500. The predicted molar refractivity (Wildman–Crippen MR) is 69.6 cm³/mol. The molecule has 0 radical (unpaired) electrons. The first-order chi connectivity index (χ1) is 8.48. The van der Waals surface area contributed by atoms with E-state index in [1.54, 1.807) is 13.0 Å². The number of rotatable bonds is 4. The van der Waals surface area contributed by atoms with Crippen molar-refractivity contribution in [3.63, 3.8) is 0 Å². The van der Waals surface area contributed by atoms with Crippen LogP contribution in [0.25, 0.3) is 0 Å². The zero-order valence-corrected chi connectivity index (χ0v) is 11.1. The highest BCUT2D eigenvalue weighted by molar-refractivity contribution is 7.92. The second-order valence-corrected chi connectivity index (χ2v) is 6.36. The number of halogens is 1. The van der Waals surface area contributed by atoms with Crippen LogP contribution in [-0.2, 0) is 10.0 Å². The van der Waals surface area contributed by atoms with Crippen LogP contribution in [-0.4, -0.2) is 26.8 Å². The summed E-state index contributed by atoms with van der Waals surface area (Å²) in [4.78, 5) is 0. The first kappa shape index (κ1) is 13.3. The van der Waals surface area contributed by atoms with E-state index in [-0.39, 0.29) is 11.8 Å². The summed E-state index contributed by atoms with van der Waals surface area (Å²) < 4.78 is 39.7. The van der Waals surface area contributed by atoms with Crippen molar-refractivity contribution in [1.29, 1.82) is 0 Å². The van der Waals surface area contributed by atoms with Gasteiger partial charge in [0.05, 0.1) is 11.4 Å². The molecule has 1 aromatic rings. The van der Waals surface area contributed by atoms with Crippen LogP contribution >= 0.6 is 0 Å². The van der Waals surface area contributed by atoms with Crippen molar-refractivity contribution in [2.45, 2.75) is 25.8 Å². The summed E-state index contributed by atoms with van der Waals surface area (Å²) in [6, 6.07) is 4.37. The Morgan fingerprint density at radius 1 is 1.50 bits per heavy atom. The Morgan fingerprint density at radius 2 is 2.28 bits per heavy atom. The van der Waals surface area contributed by atoms with Gasteiger partial charge in [-0.05, 0) is 38.4 Å². The molecule has 0 aromatic heterocycles. The Bertz CT molecular complexity index is 525. The SMILES string of the molecule is Cc1c(F)cccc1NS(=O)(=O)CC1CCCN1. The third-order valence-electron chi connectivity index (χ3n) is 3.12. The minimum Gasteiger partial charge on any atom is -0.313 e. The van der Waals surface area contributed by atoms with E-state index in [0.29, 0.717) is 11.3 Å². The van der Waals surface area contributed by atoms with Crippen molar-refractivity contribution in [2.75, 3.05) is 17.0 Å². The molecule has 0 bridgehead atoms. The highest BCUT2D eigenvalue weighted by atomic mass is 32.2. The standard InChI is InChI=1S/C12H17FN2O2S/c1-9-11(13)5-2-6-12(9)15-18(16,17)8-10-4-3-7-14-10/h2,5-6,10,14-15H,3-4,7-8H2,1H3. The molecule has 1 heterocycles. The summed E-state index contributed by atoms with van der Waals surface area (Å²) in [5, 5.41) is 3.13. The van der Waals surface area contributed by atoms with Crippen molar-refractivity contribution in [3.8, 4) is 0 Å². The zero-order chi connectivity index (χ0) is 13.2. The summed E-state index contributed by atoms with van der Waals surface area (Å²) in [7, 11) is -3.44. The summed E-state index contributed by atoms with van der Waals surface area (Å²) in [5.41, 5.74) is 0.633. The Kier molecular flexibility index (Phi) is 3.87. The molecule has 1 aliphatic heterocycles. The van der Waals surface area contributed by atoms with E-state index in [1.165, 1.54) is 12.1 Å². The van der Waals surface area contributed by atoms with Gasteiger partial charge in [-0.2, -0.15) is 0 Å². The molecular weight excluding hydrogens is 255 g/mol. The van der Waals surface area contributed by atoms with Crippen molar-refractivity contribution in [3.05, 3.63) is 29.6 Å². The minimum atomic E-state index is -3.44. The normalized spacial score (nSPS) is 20.0. The maximum Gasteiger partial charge on any atom is 0.234 e. The summed E-state index contributed by atoms with van der Waals surface area (Å²) in [5.74, 6) is -0.377. The molecule has 1 atom stereocenters. The Labute approximate surface area is 107 Å². The zero-order valence-electron chi connectivity index (χ0n) is 10.2. The lowest BCUT2D eigenvalue weighted by molar-refractivity contribution is 0.581. The Balaban J connectivity index is 2.09. The quantitative estimate of drug-likeness (QED) is 0.876. The van der Waals surface area contributed by atoms with E-state index < -0.39 is 15.8 Å². The number of nitrogens with one attached hydrogen (secondary N) is 2. The van der Waals surface area contributed by atoms with Gasteiger partial charge >= 0.3 is 0 Å². The van der Waals surface area contributed by atoms with E-state index in [9.17, 15) is 12.8 Å². The third-order valence-corrected chi connectivity index (χ3v) is 4.49. The average molecular weight is 272 g/mol. The van der Waals surface area contributed by atoms with Gasteiger partial charge in [0.2, 0.25) is 10.0 Å². The first-order valence-corrected chi connectivity index (χ1v) is 7.62. The molecule has 1 aromatic carbocycles. The van der Waals surface area contributed by atoms with Gasteiger partial charge in [0.15, 0.2) is 0 Å². The molecule has 4 nitrogen and oxygen atoms in total. The number of benzene rings is 1. The fourth-order valence-corrected chi connectivity index (χ4v) is 3.54. The Morgan fingerprint density at radius 3 is 2.94 bits per heavy atom. The van der Waals surface area contributed by atoms with E-state index >= 15 is 0 Å². The first-order valence-electron chi connectivity index (χ1n) is 5.97. The molecule has 1 aliphatic rings. The highest BCUT2D eigenvalue weighted by Crippen LogP contribution is 2.19. The Hall–Kier alpha value is -1.14. The minimum absolute atomic E-state index is 0.00337. The molecule has 0 saturated carbocycles. The van der Waals surface area contributed by atoms with E-state index in [1.807, 2.05) is 0 Å². The van der Waals surface area contributed by atoms with Gasteiger partial charge < -0.3 is 5.32 Å². The predicted octanol–water partition coefficient (Wildman–Crippen LogP) is 1.63. The fourth-order valence-electron chi connectivity index (χ4n) is 2.09. The second-order valence-electron chi connectivity index (χ2n) is 4.59. The number of anilines is 1. The largest absolute Gasteiger partial charge is 0.313 e. The van der Waals surface area contributed by atoms with E-state index in [0.717, 1.165) is 19.4 Å². The second kappa shape index (κ2) is 5.24. The lowest BCUT2D eigenvalue weighted by Crippen LogP contribution is -2.33. The van der Waals surface area contributed by atoms with Gasteiger partial charge in [0.25, 0.3) is 0 Å². The van der Waals surface area contributed by atoms with Crippen LogP contribution in [0.4, 0.5) is 10.1 Å².